The zero-order chi connectivity index (χ0) is 21.9. The molecular weight excluding hydrogens is 450 g/mol. The van der Waals surface area contributed by atoms with Crippen molar-refractivity contribution in [2.75, 3.05) is 6.61 Å². The second kappa shape index (κ2) is 9.39. The average Bonchev–Trinajstić information content (AvgIpc) is 2.58. The fourth-order valence-corrected chi connectivity index (χ4v) is 4.11. The summed E-state index contributed by atoms with van der Waals surface area (Å²) in [7, 11) is -4.60. The number of halogens is 4. The molecule has 0 aromatic heterocycles. The van der Waals surface area contributed by atoms with E-state index in [1.54, 1.807) is 31.2 Å². The topological polar surface area (TPSA) is 92.8 Å². The van der Waals surface area contributed by atoms with Crippen LogP contribution in [0.25, 0.3) is 0 Å². The second-order valence-electron chi connectivity index (χ2n) is 6.80. The van der Waals surface area contributed by atoms with E-state index in [0.29, 0.717) is 27.7 Å². The van der Waals surface area contributed by atoms with Crippen molar-refractivity contribution in [2.45, 2.75) is 41.3 Å². The molecule has 4 N–H and O–H groups in total. The maximum absolute atomic E-state index is 12.8. The third-order valence-electron chi connectivity index (χ3n) is 3.95. The van der Waals surface area contributed by atoms with E-state index in [1.165, 1.54) is 6.07 Å². The fraction of sp³-hybridized carbons (Fsp3) is 0.333. The number of alkyl halides is 3. The Hall–Kier alpha value is -1.06. The van der Waals surface area contributed by atoms with E-state index < -0.39 is 25.1 Å². The molecular formula is C18H20ClF3NO4PS. The van der Waals surface area contributed by atoms with Crippen molar-refractivity contribution in [3.8, 4) is 0 Å². The molecule has 0 aliphatic rings. The minimum Gasteiger partial charge on any atom is -0.323 e. The molecule has 160 valence electrons. The van der Waals surface area contributed by atoms with Gasteiger partial charge in [-0.1, -0.05) is 35.5 Å². The maximum Gasteiger partial charge on any atom is 0.469 e. The van der Waals surface area contributed by atoms with Gasteiger partial charge in [-0.05, 0) is 55.7 Å². The van der Waals surface area contributed by atoms with E-state index in [2.05, 4.69) is 4.52 Å². The number of aryl methyl sites for hydroxylation is 1. The molecule has 0 radical (unpaired) electrons. The third kappa shape index (κ3) is 8.30. The van der Waals surface area contributed by atoms with Crippen molar-refractivity contribution in [3.63, 3.8) is 0 Å². The lowest BCUT2D eigenvalue weighted by molar-refractivity contribution is -0.137. The molecule has 11 heteroatoms. The van der Waals surface area contributed by atoms with Gasteiger partial charge in [-0.3, -0.25) is 4.52 Å². The molecule has 0 aliphatic carbocycles. The molecule has 1 atom stereocenters. The molecule has 0 unspecified atom stereocenters. The van der Waals surface area contributed by atoms with E-state index in [4.69, 9.17) is 27.1 Å². The zero-order valence-corrected chi connectivity index (χ0v) is 17.8. The van der Waals surface area contributed by atoms with Crippen LogP contribution in [0.3, 0.4) is 0 Å². The van der Waals surface area contributed by atoms with Crippen LogP contribution in [0, 0.1) is 0 Å². The Morgan fingerprint density at radius 2 is 1.83 bits per heavy atom. The summed E-state index contributed by atoms with van der Waals surface area (Å²) in [6, 6.07) is 10.2. The third-order valence-corrected chi connectivity index (χ3v) is 5.75. The molecule has 2 rings (SSSR count). The van der Waals surface area contributed by atoms with Gasteiger partial charge in [0.1, 0.15) is 0 Å². The first-order valence-electron chi connectivity index (χ1n) is 8.38. The van der Waals surface area contributed by atoms with E-state index in [1.807, 2.05) is 0 Å². The molecule has 29 heavy (non-hydrogen) atoms. The van der Waals surface area contributed by atoms with Gasteiger partial charge in [0.05, 0.1) is 12.2 Å². The Labute approximate surface area is 175 Å². The van der Waals surface area contributed by atoms with Crippen LogP contribution >= 0.6 is 31.2 Å². The van der Waals surface area contributed by atoms with E-state index in [9.17, 15) is 17.7 Å². The lowest BCUT2D eigenvalue weighted by Gasteiger charge is -2.24. The monoisotopic (exact) mass is 469 g/mol. The Kier molecular flexibility index (Phi) is 7.84. The summed E-state index contributed by atoms with van der Waals surface area (Å²) in [4.78, 5) is 18.7. The van der Waals surface area contributed by atoms with Gasteiger partial charge in [0.15, 0.2) is 0 Å². The van der Waals surface area contributed by atoms with Crippen molar-refractivity contribution in [3.05, 3.63) is 58.6 Å². The van der Waals surface area contributed by atoms with Gasteiger partial charge >= 0.3 is 14.0 Å². The zero-order valence-electron chi connectivity index (χ0n) is 15.3. The van der Waals surface area contributed by atoms with Gasteiger partial charge in [-0.15, -0.1) is 0 Å². The molecule has 0 saturated heterocycles. The molecule has 0 bridgehead atoms. The molecule has 2 aromatic carbocycles. The second-order valence-corrected chi connectivity index (χ2v) is 9.59. The standard InChI is InChI=1S/C18H20ClF3NO4PS/c1-17(23,11-27-28(24,25)26)8-7-12-5-6-15(10-16(12)19)29-14-4-2-3-13(9-14)18(20,21)22/h2-6,9-10H,7-8,11,23H2,1H3,(H2,24,25,26)/t17-/m0/s1. The lowest BCUT2D eigenvalue weighted by Crippen LogP contribution is -2.41. The minimum absolute atomic E-state index is 0.321. The Balaban J connectivity index is 2.03. The highest BCUT2D eigenvalue weighted by atomic mass is 35.5. The lowest BCUT2D eigenvalue weighted by atomic mass is 9.95. The van der Waals surface area contributed by atoms with E-state index in [0.717, 1.165) is 29.5 Å². The highest BCUT2D eigenvalue weighted by Crippen LogP contribution is 2.38. The Morgan fingerprint density at radius 1 is 1.17 bits per heavy atom. The van der Waals surface area contributed by atoms with Gasteiger partial charge in [0.2, 0.25) is 0 Å². The molecule has 0 saturated carbocycles. The maximum atomic E-state index is 12.8. The number of phosphoric ester groups is 1. The summed E-state index contributed by atoms with van der Waals surface area (Å²) in [6.45, 7) is 1.28. The van der Waals surface area contributed by atoms with Crippen LogP contribution in [0.15, 0.2) is 52.3 Å². The molecule has 0 fully saturated rings. The van der Waals surface area contributed by atoms with Crippen LogP contribution < -0.4 is 5.73 Å². The van der Waals surface area contributed by atoms with Gasteiger partial charge in [-0.2, -0.15) is 13.2 Å². The van der Waals surface area contributed by atoms with E-state index >= 15 is 0 Å². The van der Waals surface area contributed by atoms with E-state index in [-0.39, 0.29) is 6.61 Å². The predicted molar refractivity (Wildman–Crippen MR) is 106 cm³/mol. The molecule has 0 spiro atoms. The van der Waals surface area contributed by atoms with Crippen LogP contribution in [-0.2, 0) is 21.7 Å². The van der Waals surface area contributed by atoms with Gasteiger partial charge in [0.25, 0.3) is 0 Å². The van der Waals surface area contributed by atoms with Crippen molar-refractivity contribution < 1.29 is 32.0 Å². The summed E-state index contributed by atoms with van der Waals surface area (Å²) in [6.07, 6.45) is -3.62. The number of nitrogens with two attached hydrogens (primary N) is 1. The van der Waals surface area contributed by atoms with Crippen molar-refractivity contribution in [1.82, 2.24) is 0 Å². The van der Waals surface area contributed by atoms with Crippen LogP contribution in [0.5, 0.6) is 0 Å². The number of phosphoric acid groups is 1. The highest BCUT2D eigenvalue weighted by Gasteiger charge is 2.30. The number of rotatable bonds is 8. The average molecular weight is 470 g/mol. The summed E-state index contributed by atoms with van der Waals surface area (Å²) in [5.41, 5.74) is 5.06. The van der Waals surface area contributed by atoms with Crippen LogP contribution in [0.1, 0.15) is 24.5 Å². The predicted octanol–water partition coefficient (Wildman–Crippen LogP) is 5.27. The molecule has 0 aliphatic heterocycles. The number of hydrogen-bond donors (Lipinski definition) is 3. The molecule has 5 nitrogen and oxygen atoms in total. The quantitative estimate of drug-likeness (QED) is 0.456. The first-order chi connectivity index (χ1) is 13.3. The minimum atomic E-state index is -4.60. The van der Waals surface area contributed by atoms with Gasteiger partial charge < -0.3 is 15.5 Å². The van der Waals surface area contributed by atoms with Gasteiger partial charge in [-0.25, -0.2) is 4.57 Å². The van der Waals surface area contributed by atoms with Crippen LogP contribution in [0.4, 0.5) is 13.2 Å². The van der Waals surface area contributed by atoms with Crippen molar-refractivity contribution in [1.29, 1.82) is 0 Å². The summed E-state index contributed by atoms with van der Waals surface area (Å²) in [5, 5.41) is 0.425. The highest BCUT2D eigenvalue weighted by molar-refractivity contribution is 7.99. The summed E-state index contributed by atoms with van der Waals surface area (Å²) >= 11 is 7.45. The largest absolute Gasteiger partial charge is 0.469 e. The van der Waals surface area contributed by atoms with Crippen LogP contribution in [0.2, 0.25) is 5.02 Å². The fourth-order valence-electron chi connectivity index (χ4n) is 2.39. The first-order valence-corrected chi connectivity index (χ1v) is 11.1. The van der Waals surface area contributed by atoms with Gasteiger partial charge in [0, 0.05) is 20.4 Å². The Morgan fingerprint density at radius 3 is 2.41 bits per heavy atom. The molecule has 2 aromatic rings. The van der Waals surface area contributed by atoms with Crippen molar-refractivity contribution >= 4 is 31.2 Å². The van der Waals surface area contributed by atoms with Crippen molar-refractivity contribution in [2.24, 2.45) is 5.73 Å². The smallest absolute Gasteiger partial charge is 0.323 e. The normalized spacial score (nSPS) is 14.6. The first kappa shape index (κ1) is 24.2. The SMILES string of the molecule is C[C@](N)(CCc1ccc(Sc2cccc(C(F)(F)F)c2)cc1Cl)COP(=O)(O)O. The van der Waals surface area contributed by atoms with Crippen LogP contribution in [-0.4, -0.2) is 21.9 Å². The summed E-state index contributed by atoms with van der Waals surface area (Å²) < 4.78 is 53.8. The summed E-state index contributed by atoms with van der Waals surface area (Å²) in [5.74, 6) is 0. The number of hydrogen-bond acceptors (Lipinski definition) is 4. The molecule has 0 heterocycles. The Bertz CT molecular complexity index is 905. The number of benzene rings is 2. The molecule has 0 amide bonds.